The van der Waals surface area contributed by atoms with Gasteiger partial charge in [-0.3, -0.25) is 4.90 Å². The van der Waals surface area contributed by atoms with E-state index in [4.69, 9.17) is 0 Å². The first-order chi connectivity index (χ1) is 9.26. The van der Waals surface area contributed by atoms with Crippen LogP contribution in [0.3, 0.4) is 0 Å². The Morgan fingerprint density at radius 1 is 1.47 bits per heavy atom. The minimum atomic E-state index is 0.890. The number of fused-ring (bicyclic) bond motifs is 1. The minimum Gasteiger partial charge on any atom is -0.293 e. The Hall–Kier alpha value is -0.910. The van der Waals surface area contributed by atoms with Gasteiger partial charge in [0.25, 0.3) is 0 Å². The van der Waals surface area contributed by atoms with E-state index in [1.807, 2.05) is 23.8 Å². The van der Waals surface area contributed by atoms with Crippen molar-refractivity contribution in [1.82, 2.24) is 14.9 Å². The Bertz CT molecular complexity index is 580. The molecule has 0 amide bonds. The van der Waals surface area contributed by atoms with Crippen LogP contribution in [0, 0.1) is 6.92 Å². The van der Waals surface area contributed by atoms with Crippen molar-refractivity contribution in [3.05, 3.63) is 39.3 Å². The summed E-state index contributed by atoms with van der Waals surface area (Å²) in [4.78, 5) is 13.0. The summed E-state index contributed by atoms with van der Waals surface area (Å²) < 4.78 is 0. The number of thiophene rings is 1. The molecule has 3 nitrogen and oxygen atoms in total. The maximum atomic E-state index is 4.61. The number of nitrogens with zero attached hydrogens (tertiary/aromatic N) is 3. The van der Waals surface area contributed by atoms with E-state index < -0.39 is 0 Å². The quantitative estimate of drug-likeness (QED) is 0.642. The third kappa shape index (κ3) is 2.83. The van der Waals surface area contributed by atoms with Crippen molar-refractivity contribution in [3.63, 3.8) is 0 Å². The number of rotatable bonds is 3. The van der Waals surface area contributed by atoms with E-state index >= 15 is 0 Å². The van der Waals surface area contributed by atoms with Crippen molar-refractivity contribution in [2.45, 2.75) is 31.6 Å². The molecule has 0 bridgehead atoms. The van der Waals surface area contributed by atoms with Crippen molar-refractivity contribution in [2.75, 3.05) is 12.8 Å². The van der Waals surface area contributed by atoms with Crippen molar-refractivity contribution in [2.24, 2.45) is 0 Å². The highest BCUT2D eigenvalue weighted by Crippen LogP contribution is 2.23. The van der Waals surface area contributed by atoms with Gasteiger partial charge in [-0.15, -0.1) is 11.3 Å². The molecular weight excluding hydrogens is 274 g/mol. The highest BCUT2D eigenvalue weighted by atomic mass is 32.2. The smallest absolute Gasteiger partial charge is 0.187 e. The predicted octanol–water partition coefficient (Wildman–Crippen LogP) is 3.13. The monoisotopic (exact) mass is 291 g/mol. The third-order valence-electron chi connectivity index (χ3n) is 3.51. The molecule has 1 aliphatic rings. The molecule has 1 aliphatic heterocycles. The lowest BCUT2D eigenvalue weighted by molar-refractivity contribution is 0.244. The normalized spacial score (nSPS) is 15.5. The molecule has 0 unspecified atom stereocenters. The van der Waals surface area contributed by atoms with Crippen molar-refractivity contribution in [1.29, 1.82) is 0 Å². The molecule has 5 heteroatoms. The van der Waals surface area contributed by atoms with Gasteiger partial charge in [0.2, 0.25) is 0 Å². The highest BCUT2D eigenvalue weighted by molar-refractivity contribution is 7.98. The van der Waals surface area contributed by atoms with Crippen LogP contribution in [-0.2, 0) is 19.5 Å². The predicted molar refractivity (Wildman–Crippen MR) is 80.7 cm³/mol. The van der Waals surface area contributed by atoms with Gasteiger partial charge in [0, 0.05) is 42.7 Å². The van der Waals surface area contributed by atoms with E-state index in [-0.39, 0.29) is 0 Å². The molecular formula is C14H17N3S2. The van der Waals surface area contributed by atoms with Crippen LogP contribution < -0.4 is 0 Å². The topological polar surface area (TPSA) is 29.0 Å². The second-order valence-electron chi connectivity index (χ2n) is 4.82. The summed E-state index contributed by atoms with van der Waals surface area (Å²) in [7, 11) is 0. The van der Waals surface area contributed by atoms with E-state index in [1.165, 1.54) is 21.7 Å². The molecule has 19 heavy (non-hydrogen) atoms. The van der Waals surface area contributed by atoms with E-state index in [2.05, 4.69) is 33.2 Å². The van der Waals surface area contributed by atoms with Crippen LogP contribution in [-0.4, -0.2) is 27.7 Å². The van der Waals surface area contributed by atoms with Crippen molar-refractivity contribution in [3.8, 4) is 0 Å². The molecule has 0 aliphatic carbocycles. The van der Waals surface area contributed by atoms with Crippen LogP contribution in [0.5, 0.6) is 0 Å². The highest BCUT2D eigenvalue weighted by Gasteiger charge is 2.19. The lowest BCUT2D eigenvalue weighted by Gasteiger charge is -2.27. The molecule has 0 saturated heterocycles. The van der Waals surface area contributed by atoms with Gasteiger partial charge in [0.1, 0.15) is 0 Å². The van der Waals surface area contributed by atoms with Crippen LogP contribution in [0.25, 0.3) is 0 Å². The van der Waals surface area contributed by atoms with E-state index in [0.29, 0.717) is 0 Å². The molecule has 2 aromatic rings. The zero-order valence-electron chi connectivity index (χ0n) is 11.2. The number of aryl methyl sites for hydroxylation is 1. The van der Waals surface area contributed by atoms with Crippen LogP contribution in [0.4, 0.5) is 0 Å². The Morgan fingerprint density at radius 3 is 3.11 bits per heavy atom. The summed E-state index contributed by atoms with van der Waals surface area (Å²) >= 11 is 3.47. The van der Waals surface area contributed by atoms with Gasteiger partial charge in [-0.1, -0.05) is 11.8 Å². The zero-order valence-corrected chi connectivity index (χ0v) is 12.9. The van der Waals surface area contributed by atoms with Gasteiger partial charge in [-0.2, -0.15) is 0 Å². The SMILES string of the molecule is CSc1ncc2c(n1)CCN(Cc1sccc1C)C2. The number of thioether (sulfide) groups is 1. The van der Waals surface area contributed by atoms with Gasteiger partial charge in [-0.05, 0) is 30.2 Å². The summed E-state index contributed by atoms with van der Waals surface area (Å²) in [6.45, 7) is 5.31. The Kier molecular flexibility index (Phi) is 3.86. The number of aromatic nitrogens is 2. The van der Waals surface area contributed by atoms with Gasteiger partial charge >= 0.3 is 0 Å². The molecule has 0 radical (unpaired) electrons. The van der Waals surface area contributed by atoms with Gasteiger partial charge in [0.05, 0.1) is 5.69 Å². The summed E-state index contributed by atoms with van der Waals surface area (Å²) in [5, 5.41) is 3.07. The van der Waals surface area contributed by atoms with Crippen LogP contribution in [0.15, 0.2) is 22.8 Å². The second-order valence-corrected chi connectivity index (χ2v) is 6.59. The second kappa shape index (κ2) is 5.61. The van der Waals surface area contributed by atoms with Crippen LogP contribution in [0.1, 0.15) is 21.7 Å². The minimum absolute atomic E-state index is 0.890. The lowest BCUT2D eigenvalue weighted by Crippen LogP contribution is -2.30. The molecule has 0 atom stereocenters. The molecule has 0 fully saturated rings. The van der Waals surface area contributed by atoms with E-state index in [0.717, 1.165) is 31.2 Å². The van der Waals surface area contributed by atoms with Gasteiger partial charge < -0.3 is 0 Å². The fraction of sp³-hybridized carbons (Fsp3) is 0.429. The summed E-state index contributed by atoms with van der Waals surface area (Å²) in [5.74, 6) is 0. The Labute approximate surface area is 122 Å². The summed E-state index contributed by atoms with van der Waals surface area (Å²) in [5.41, 5.74) is 3.93. The molecule has 3 heterocycles. The van der Waals surface area contributed by atoms with Crippen LogP contribution in [0.2, 0.25) is 0 Å². The van der Waals surface area contributed by atoms with Crippen LogP contribution >= 0.6 is 23.1 Å². The van der Waals surface area contributed by atoms with E-state index in [1.54, 1.807) is 11.8 Å². The van der Waals surface area contributed by atoms with E-state index in [9.17, 15) is 0 Å². The third-order valence-corrected chi connectivity index (χ3v) is 5.08. The molecule has 100 valence electrons. The molecule has 2 aromatic heterocycles. The first kappa shape index (κ1) is 13.1. The summed E-state index contributed by atoms with van der Waals surface area (Å²) in [6.07, 6.45) is 5.06. The molecule has 0 aromatic carbocycles. The van der Waals surface area contributed by atoms with Gasteiger partial charge in [-0.25, -0.2) is 9.97 Å². The zero-order chi connectivity index (χ0) is 13.2. The number of hydrogen-bond donors (Lipinski definition) is 0. The first-order valence-electron chi connectivity index (χ1n) is 6.40. The maximum Gasteiger partial charge on any atom is 0.187 e. The maximum absolute atomic E-state index is 4.61. The molecule has 3 rings (SSSR count). The van der Waals surface area contributed by atoms with Gasteiger partial charge in [0.15, 0.2) is 5.16 Å². The standard InChI is InChI=1S/C14H17N3S2/c1-10-4-6-19-13(10)9-17-5-3-12-11(8-17)7-15-14(16-12)18-2/h4,6-7H,3,5,8-9H2,1-2H3. The Morgan fingerprint density at radius 2 is 2.37 bits per heavy atom. The first-order valence-corrected chi connectivity index (χ1v) is 8.51. The fourth-order valence-corrected chi connectivity index (χ4v) is 3.67. The fourth-order valence-electron chi connectivity index (χ4n) is 2.36. The van der Waals surface area contributed by atoms with Crippen molar-refractivity contribution < 1.29 is 0 Å². The average Bonchev–Trinajstić information content (AvgIpc) is 2.84. The number of hydrogen-bond acceptors (Lipinski definition) is 5. The summed E-state index contributed by atoms with van der Waals surface area (Å²) in [6, 6.07) is 2.20. The van der Waals surface area contributed by atoms with Crippen molar-refractivity contribution >= 4 is 23.1 Å². The Balaban J connectivity index is 1.74. The average molecular weight is 291 g/mol. The molecule has 0 spiro atoms. The molecule has 0 saturated carbocycles. The molecule has 0 N–H and O–H groups in total. The lowest BCUT2D eigenvalue weighted by atomic mass is 10.1. The largest absolute Gasteiger partial charge is 0.293 e.